The average Bonchev–Trinajstić information content (AvgIpc) is 3.05. The van der Waals surface area contributed by atoms with E-state index in [0.29, 0.717) is 24.8 Å². The maximum atomic E-state index is 11.7. The second-order valence-electron chi connectivity index (χ2n) is 5.07. The molecule has 0 bridgehead atoms. The van der Waals surface area contributed by atoms with Crippen molar-refractivity contribution in [3.8, 4) is 0 Å². The first-order valence-corrected chi connectivity index (χ1v) is 6.76. The third-order valence-electron chi connectivity index (χ3n) is 3.69. The number of hydrogen-bond donors (Lipinski definition) is 1. The van der Waals surface area contributed by atoms with E-state index in [4.69, 9.17) is 11.6 Å². The van der Waals surface area contributed by atoms with E-state index in [2.05, 4.69) is 0 Å². The minimum Gasteiger partial charge on any atom is -0.393 e. The van der Waals surface area contributed by atoms with Crippen LogP contribution in [0.1, 0.15) is 32.1 Å². The zero-order chi connectivity index (χ0) is 11.5. The van der Waals surface area contributed by atoms with Crippen molar-refractivity contribution in [2.45, 2.75) is 38.2 Å². The van der Waals surface area contributed by atoms with Crippen molar-refractivity contribution < 1.29 is 9.90 Å². The maximum Gasteiger partial charge on any atom is 0.223 e. The number of nitrogens with zero attached hydrogens (tertiary/aromatic N) is 1. The van der Waals surface area contributed by atoms with Crippen LogP contribution in [0.3, 0.4) is 0 Å². The number of carbonyl (C=O) groups excluding carboxylic acids is 1. The lowest BCUT2D eigenvalue weighted by molar-refractivity contribution is -0.134. The number of piperidine rings is 1. The highest BCUT2D eigenvalue weighted by Crippen LogP contribution is 2.37. The number of aliphatic hydroxyl groups excluding tert-OH is 1. The van der Waals surface area contributed by atoms with Crippen molar-refractivity contribution >= 4 is 17.5 Å². The van der Waals surface area contributed by atoms with Gasteiger partial charge in [0, 0.05) is 31.3 Å². The fraction of sp³-hybridized carbons (Fsp3) is 0.917. The average molecular weight is 246 g/mol. The highest BCUT2D eigenvalue weighted by Gasteiger charge is 2.34. The van der Waals surface area contributed by atoms with Crippen LogP contribution in [0.4, 0.5) is 0 Å². The summed E-state index contributed by atoms with van der Waals surface area (Å²) >= 11 is 5.58. The third kappa shape index (κ3) is 3.11. The predicted octanol–water partition coefficient (Wildman–Crippen LogP) is 1.62. The van der Waals surface area contributed by atoms with Gasteiger partial charge in [-0.25, -0.2) is 0 Å². The first-order chi connectivity index (χ1) is 7.70. The summed E-state index contributed by atoms with van der Waals surface area (Å²) in [7, 11) is 0. The molecule has 0 aromatic heterocycles. The monoisotopic (exact) mass is 245 g/mol. The molecule has 1 aliphatic carbocycles. The van der Waals surface area contributed by atoms with Gasteiger partial charge in [0.1, 0.15) is 0 Å². The van der Waals surface area contributed by atoms with Crippen LogP contribution in [0.2, 0.25) is 0 Å². The molecule has 2 rings (SSSR count). The van der Waals surface area contributed by atoms with Crippen LogP contribution in [0.25, 0.3) is 0 Å². The van der Waals surface area contributed by atoms with Crippen LogP contribution >= 0.6 is 11.6 Å². The van der Waals surface area contributed by atoms with Crippen molar-refractivity contribution in [2.75, 3.05) is 19.0 Å². The second-order valence-corrected chi connectivity index (χ2v) is 5.45. The Morgan fingerprint density at radius 3 is 2.75 bits per heavy atom. The molecule has 1 N–H and O–H groups in total. The Morgan fingerprint density at radius 2 is 2.12 bits per heavy atom. The molecule has 2 aliphatic rings. The van der Waals surface area contributed by atoms with Crippen LogP contribution in [0.5, 0.6) is 0 Å². The molecule has 1 heterocycles. The lowest BCUT2D eigenvalue weighted by Gasteiger charge is -2.36. The summed E-state index contributed by atoms with van der Waals surface area (Å²) in [5.41, 5.74) is 0. The maximum absolute atomic E-state index is 11.7. The third-order valence-corrected chi connectivity index (χ3v) is 3.88. The van der Waals surface area contributed by atoms with Gasteiger partial charge in [0.2, 0.25) is 5.91 Å². The molecule has 0 aromatic carbocycles. The molecule has 0 aromatic rings. The summed E-state index contributed by atoms with van der Waals surface area (Å²) in [5.74, 6) is 1.64. The van der Waals surface area contributed by atoms with Crippen molar-refractivity contribution in [3.63, 3.8) is 0 Å². The molecule has 1 saturated carbocycles. The summed E-state index contributed by atoms with van der Waals surface area (Å²) in [6.45, 7) is 1.42. The summed E-state index contributed by atoms with van der Waals surface area (Å²) in [4.78, 5) is 13.6. The fourth-order valence-electron chi connectivity index (χ4n) is 2.50. The van der Waals surface area contributed by atoms with Gasteiger partial charge in [0.25, 0.3) is 0 Å². The Morgan fingerprint density at radius 1 is 1.38 bits per heavy atom. The Kier molecular flexibility index (Phi) is 4.09. The van der Waals surface area contributed by atoms with Gasteiger partial charge < -0.3 is 10.0 Å². The van der Waals surface area contributed by atoms with E-state index in [1.807, 2.05) is 4.90 Å². The number of likely N-dealkylation sites (tertiary alicyclic amines) is 1. The Balaban J connectivity index is 1.84. The quantitative estimate of drug-likeness (QED) is 0.765. The lowest BCUT2D eigenvalue weighted by atomic mass is 9.89. The molecule has 0 spiro atoms. The number of halogens is 1. The number of carbonyl (C=O) groups is 1. The smallest absolute Gasteiger partial charge is 0.223 e. The van der Waals surface area contributed by atoms with E-state index >= 15 is 0 Å². The number of aliphatic hydroxyl groups is 1. The molecular formula is C12H20ClNO2. The molecule has 3 nitrogen and oxygen atoms in total. The van der Waals surface area contributed by atoms with E-state index < -0.39 is 0 Å². The van der Waals surface area contributed by atoms with Crippen LogP contribution in [0, 0.1) is 11.8 Å². The van der Waals surface area contributed by atoms with Gasteiger partial charge in [-0.3, -0.25) is 4.79 Å². The molecule has 92 valence electrons. The minimum atomic E-state index is -0.208. The molecule has 0 unspecified atom stereocenters. The van der Waals surface area contributed by atoms with E-state index in [0.717, 1.165) is 25.3 Å². The highest BCUT2D eigenvalue weighted by atomic mass is 35.5. The molecule has 0 radical (unpaired) electrons. The van der Waals surface area contributed by atoms with Gasteiger partial charge in [0.05, 0.1) is 6.10 Å². The molecule has 1 aliphatic heterocycles. The van der Waals surface area contributed by atoms with Crippen molar-refractivity contribution in [1.82, 2.24) is 4.90 Å². The van der Waals surface area contributed by atoms with Gasteiger partial charge in [-0.05, 0) is 18.8 Å². The number of rotatable bonds is 4. The second kappa shape index (κ2) is 5.37. The van der Waals surface area contributed by atoms with E-state index in [-0.39, 0.29) is 12.0 Å². The first-order valence-electron chi connectivity index (χ1n) is 6.22. The largest absolute Gasteiger partial charge is 0.393 e. The van der Waals surface area contributed by atoms with Crippen molar-refractivity contribution in [1.29, 1.82) is 0 Å². The van der Waals surface area contributed by atoms with Gasteiger partial charge in [-0.2, -0.15) is 0 Å². The molecule has 1 saturated heterocycles. The van der Waals surface area contributed by atoms with E-state index in [1.54, 1.807) is 0 Å². The zero-order valence-corrected chi connectivity index (χ0v) is 10.3. The topological polar surface area (TPSA) is 40.5 Å². The van der Waals surface area contributed by atoms with Gasteiger partial charge >= 0.3 is 0 Å². The van der Waals surface area contributed by atoms with Gasteiger partial charge in [0.15, 0.2) is 0 Å². The first kappa shape index (κ1) is 12.2. The normalized spacial score (nSPS) is 30.5. The molecule has 2 fully saturated rings. The molecule has 4 heteroatoms. The minimum absolute atomic E-state index is 0.141. The molecular weight excluding hydrogens is 226 g/mol. The van der Waals surface area contributed by atoms with Crippen molar-refractivity contribution in [2.24, 2.45) is 11.8 Å². The van der Waals surface area contributed by atoms with Crippen molar-refractivity contribution in [3.05, 3.63) is 0 Å². The van der Waals surface area contributed by atoms with Gasteiger partial charge in [-0.15, -0.1) is 11.6 Å². The van der Waals surface area contributed by atoms with Crippen LogP contribution in [-0.4, -0.2) is 41.0 Å². The fourth-order valence-corrected chi connectivity index (χ4v) is 2.66. The van der Waals surface area contributed by atoms with E-state index in [9.17, 15) is 9.90 Å². The number of alkyl halides is 1. The predicted molar refractivity (Wildman–Crippen MR) is 63.4 cm³/mol. The zero-order valence-electron chi connectivity index (χ0n) is 9.57. The highest BCUT2D eigenvalue weighted by molar-refractivity contribution is 6.18. The Labute approximate surface area is 102 Å². The van der Waals surface area contributed by atoms with Crippen LogP contribution in [0.15, 0.2) is 0 Å². The number of hydrogen-bond acceptors (Lipinski definition) is 2. The van der Waals surface area contributed by atoms with Crippen LogP contribution in [-0.2, 0) is 4.79 Å². The Bertz CT molecular complexity index is 255. The molecule has 1 amide bonds. The summed E-state index contributed by atoms with van der Waals surface area (Å²) < 4.78 is 0. The molecule has 2 atom stereocenters. The summed E-state index contributed by atoms with van der Waals surface area (Å²) in [6.07, 6.45) is 4.64. The summed E-state index contributed by atoms with van der Waals surface area (Å²) in [6, 6.07) is 0. The lowest BCUT2D eigenvalue weighted by Crippen LogP contribution is -2.46. The van der Waals surface area contributed by atoms with Gasteiger partial charge in [-0.1, -0.05) is 12.8 Å². The SMILES string of the molecule is O=C(CCCl)N1CC[C@@H](O)[C@H](CC2CC2)C1. The molecule has 16 heavy (non-hydrogen) atoms. The van der Waals surface area contributed by atoms with Crippen LogP contribution < -0.4 is 0 Å². The standard InChI is InChI=1S/C12H20ClNO2/c13-5-3-12(16)14-6-4-11(15)10(8-14)7-9-1-2-9/h9-11,15H,1-8H2/t10-,11-/m1/s1. The van der Waals surface area contributed by atoms with E-state index in [1.165, 1.54) is 12.8 Å². The number of amides is 1. The summed E-state index contributed by atoms with van der Waals surface area (Å²) in [5, 5.41) is 9.91. The Hall–Kier alpha value is -0.280.